The molecule has 2 rings (SSSR count). The van der Waals surface area contributed by atoms with Crippen molar-refractivity contribution in [2.24, 2.45) is 0 Å². The summed E-state index contributed by atoms with van der Waals surface area (Å²) in [5.74, 6) is 0. The zero-order chi connectivity index (χ0) is 13.7. The lowest BCUT2D eigenvalue weighted by Crippen LogP contribution is -2.32. The molecule has 19 heavy (non-hydrogen) atoms. The molecule has 0 spiro atoms. The van der Waals surface area contributed by atoms with Crippen LogP contribution < -0.4 is 10.6 Å². The maximum atomic E-state index is 11.6. The number of aryl methyl sites for hydroxylation is 1. The normalized spacial score (nSPS) is 11.9. The number of aliphatic hydroxyl groups is 1. The van der Waals surface area contributed by atoms with E-state index in [0.29, 0.717) is 5.69 Å². The minimum Gasteiger partial charge on any atom is -0.387 e. The van der Waals surface area contributed by atoms with Crippen LogP contribution in [-0.2, 0) is 0 Å². The second kappa shape index (κ2) is 6.31. The quantitative estimate of drug-likeness (QED) is 0.803. The summed E-state index contributed by atoms with van der Waals surface area (Å²) in [6, 6.07) is 4.97. The van der Waals surface area contributed by atoms with Crippen LogP contribution >= 0.6 is 11.3 Å². The Bertz CT molecular complexity index is 543. The Morgan fingerprint density at radius 3 is 3.05 bits per heavy atom. The number of rotatable bonds is 4. The second-order valence-corrected chi connectivity index (χ2v) is 4.87. The number of carbonyl (C=O) groups is 1. The molecule has 0 aromatic carbocycles. The molecule has 0 saturated carbocycles. The van der Waals surface area contributed by atoms with E-state index in [9.17, 15) is 9.90 Å². The van der Waals surface area contributed by atoms with E-state index in [1.807, 2.05) is 23.8 Å². The number of anilines is 1. The van der Waals surface area contributed by atoms with Crippen LogP contribution in [0, 0.1) is 6.92 Å². The largest absolute Gasteiger partial charge is 0.387 e. The van der Waals surface area contributed by atoms with Crippen molar-refractivity contribution in [1.82, 2.24) is 10.3 Å². The zero-order valence-corrected chi connectivity index (χ0v) is 11.3. The van der Waals surface area contributed by atoms with Gasteiger partial charge < -0.3 is 15.7 Å². The lowest BCUT2D eigenvalue weighted by molar-refractivity contribution is 0.175. The molecule has 0 bridgehead atoms. The summed E-state index contributed by atoms with van der Waals surface area (Å²) in [5.41, 5.74) is 2.32. The topological polar surface area (TPSA) is 74.2 Å². The Morgan fingerprint density at radius 1 is 1.53 bits per heavy atom. The molecule has 0 unspecified atom stereocenters. The number of hydrogen-bond donors (Lipinski definition) is 3. The zero-order valence-electron chi connectivity index (χ0n) is 10.5. The van der Waals surface area contributed by atoms with Crippen molar-refractivity contribution in [1.29, 1.82) is 0 Å². The number of aromatic nitrogens is 1. The van der Waals surface area contributed by atoms with Gasteiger partial charge in [0, 0.05) is 24.1 Å². The Hall–Kier alpha value is -1.92. The van der Waals surface area contributed by atoms with Gasteiger partial charge in [0.1, 0.15) is 0 Å². The first-order valence-electron chi connectivity index (χ1n) is 5.83. The van der Waals surface area contributed by atoms with E-state index in [-0.39, 0.29) is 12.6 Å². The Balaban J connectivity index is 1.82. The average molecular weight is 277 g/mol. The minimum absolute atomic E-state index is 0.173. The first-order chi connectivity index (χ1) is 9.15. The van der Waals surface area contributed by atoms with E-state index in [0.717, 1.165) is 11.3 Å². The van der Waals surface area contributed by atoms with Crippen LogP contribution in [0.3, 0.4) is 0 Å². The molecule has 2 amide bonds. The third-order valence-corrected chi connectivity index (χ3v) is 3.24. The SMILES string of the molecule is Cc1cc(NC(=O)NC[C@H](O)c2ccsc2)ccn1. The number of thiophene rings is 1. The molecule has 0 aliphatic heterocycles. The fourth-order valence-corrected chi connectivity index (χ4v) is 2.28. The summed E-state index contributed by atoms with van der Waals surface area (Å²) in [4.78, 5) is 15.7. The molecule has 2 heterocycles. The van der Waals surface area contributed by atoms with Gasteiger partial charge in [0.05, 0.1) is 6.10 Å². The summed E-state index contributed by atoms with van der Waals surface area (Å²) in [6.07, 6.45) is 0.946. The average Bonchev–Trinajstić information content (AvgIpc) is 2.90. The maximum absolute atomic E-state index is 11.6. The lowest BCUT2D eigenvalue weighted by Gasteiger charge is -2.11. The van der Waals surface area contributed by atoms with E-state index >= 15 is 0 Å². The molecule has 2 aromatic heterocycles. The van der Waals surface area contributed by atoms with Gasteiger partial charge >= 0.3 is 6.03 Å². The van der Waals surface area contributed by atoms with Gasteiger partial charge in [-0.1, -0.05) is 0 Å². The maximum Gasteiger partial charge on any atom is 0.319 e. The highest BCUT2D eigenvalue weighted by molar-refractivity contribution is 7.07. The lowest BCUT2D eigenvalue weighted by atomic mass is 10.2. The summed E-state index contributed by atoms with van der Waals surface area (Å²) in [7, 11) is 0. The Labute approximate surface area is 115 Å². The van der Waals surface area contributed by atoms with Crippen molar-refractivity contribution in [2.75, 3.05) is 11.9 Å². The highest BCUT2D eigenvalue weighted by Gasteiger charge is 2.09. The van der Waals surface area contributed by atoms with Gasteiger partial charge in [0.25, 0.3) is 0 Å². The monoisotopic (exact) mass is 277 g/mol. The first kappa shape index (κ1) is 13.5. The summed E-state index contributed by atoms with van der Waals surface area (Å²) in [5, 5.41) is 18.9. The van der Waals surface area contributed by atoms with Crippen molar-refractivity contribution in [3.63, 3.8) is 0 Å². The van der Waals surface area contributed by atoms with Gasteiger partial charge in [0.2, 0.25) is 0 Å². The molecule has 0 aliphatic rings. The van der Waals surface area contributed by atoms with Gasteiger partial charge in [-0.15, -0.1) is 0 Å². The van der Waals surface area contributed by atoms with E-state index < -0.39 is 6.10 Å². The second-order valence-electron chi connectivity index (χ2n) is 4.09. The minimum atomic E-state index is -0.684. The van der Waals surface area contributed by atoms with Crippen molar-refractivity contribution in [3.8, 4) is 0 Å². The van der Waals surface area contributed by atoms with Crippen molar-refractivity contribution < 1.29 is 9.90 Å². The van der Waals surface area contributed by atoms with Gasteiger partial charge in [-0.05, 0) is 41.4 Å². The van der Waals surface area contributed by atoms with Crippen molar-refractivity contribution in [3.05, 3.63) is 46.4 Å². The number of pyridine rings is 1. The summed E-state index contributed by atoms with van der Waals surface area (Å²) >= 11 is 1.51. The molecule has 0 radical (unpaired) electrons. The molecule has 1 atom stereocenters. The first-order valence-corrected chi connectivity index (χ1v) is 6.77. The number of urea groups is 1. The number of nitrogens with zero attached hydrogens (tertiary/aromatic N) is 1. The molecule has 2 aromatic rings. The van der Waals surface area contributed by atoms with Gasteiger partial charge in [-0.2, -0.15) is 11.3 Å². The van der Waals surface area contributed by atoms with Crippen LogP contribution in [0.25, 0.3) is 0 Å². The number of carbonyl (C=O) groups excluding carboxylic acids is 1. The smallest absolute Gasteiger partial charge is 0.319 e. The number of hydrogen-bond acceptors (Lipinski definition) is 4. The van der Waals surface area contributed by atoms with Crippen LogP contribution in [0.4, 0.5) is 10.5 Å². The van der Waals surface area contributed by atoms with E-state index in [1.54, 1.807) is 18.3 Å². The van der Waals surface area contributed by atoms with Crippen molar-refractivity contribution in [2.45, 2.75) is 13.0 Å². The van der Waals surface area contributed by atoms with Gasteiger partial charge in [-0.3, -0.25) is 4.98 Å². The van der Waals surface area contributed by atoms with Crippen LogP contribution in [0.1, 0.15) is 17.4 Å². The van der Waals surface area contributed by atoms with Crippen LogP contribution in [0.2, 0.25) is 0 Å². The van der Waals surface area contributed by atoms with E-state index in [2.05, 4.69) is 15.6 Å². The standard InChI is InChI=1S/C13H15N3O2S/c1-9-6-11(2-4-14-9)16-13(18)15-7-12(17)10-3-5-19-8-10/h2-6,8,12,17H,7H2,1H3,(H2,14,15,16,18)/t12-/m0/s1. The van der Waals surface area contributed by atoms with Crippen LogP contribution in [-0.4, -0.2) is 22.7 Å². The van der Waals surface area contributed by atoms with Crippen molar-refractivity contribution >= 4 is 23.1 Å². The molecule has 0 fully saturated rings. The number of aliphatic hydroxyl groups excluding tert-OH is 1. The third kappa shape index (κ3) is 4.04. The summed E-state index contributed by atoms with van der Waals surface area (Å²) in [6.45, 7) is 2.02. The highest BCUT2D eigenvalue weighted by Crippen LogP contribution is 2.15. The predicted molar refractivity (Wildman–Crippen MR) is 75.3 cm³/mol. The molecular formula is C13H15N3O2S. The molecule has 0 aliphatic carbocycles. The summed E-state index contributed by atoms with van der Waals surface area (Å²) < 4.78 is 0. The number of amides is 2. The molecular weight excluding hydrogens is 262 g/mol. The molecule has 6 heteroatoms. The van der Waals surface area contributed by atoms with E-state index in [4.69, 9.17) is 0 Å². The van der Waals surface area contributed by atoms with Crippen LogP contribution in [0.15, 0.2) is 35.2 Å². The van der Waals surface area contributed by atoms with Gasteiger partial charge in [0.15, 0.2) is 0 Å². The predicted octanol–water partition coefficient (Wildman–Crippen LogP) is 2.31. The van der Waals surface area contributed by atoms with Gasteiger partial charge in [-0.25, -0.2) is 4.79 Å². The fourth-order valence-electron chi connectivity index (χ4n) is 1.57. The highest BCUT2D eigenvalue weighted by atomic mass is 32.1. The molecule has 0 saturated heterocycles. The Morgan fingerprint density at radius 2 is 2.37 bits per heavy atom. The fraction of sp³-hybridized carbons (Fsp3) is 0.231. The number of nitrogens with one attached hydrogen (secondary N) is 2. The van der Waals surface area contributed by atoms with Crippen LogP contribution in [0.5, 0.6) is 0 Å². The third-order valence-electron chi connectivity index (χ3n) is 2.54. The molecule has 3 N–H and O–H groups in total. The Kier molecular flexibility index (Phi) is 4.48. The van der Waals surface area contributed by atoms with E-state index in [1.165, 1.54) is 11.3 Å². The molecule has 100 valence electrons. The molecule has 5 nitrogen and oxygen atoms in total.